The van der Waals surface area contributed by atoms with Crippen molar-refractivity contribution in [1.82, 2.24) is 9.58 Å². The number of ether oxygens (including phenoxy) is 1. The first kappa shape index (κ1) is 16.8. The summed E-state index contributed by atoms with van der Waals surface area (Å²) in [7, 11) is 3.86. The fourth-order valence-electron chi connectivity index (χ4n) is 2.78. The van der Waals surface area contributed by atoms with Gasteiger partial charge in [-0.2, -0.15) is 0 Å². The SMILES string of the molecule is C=CCN=c1scc(-c2ccc(OC)cc2)n1N1CCN(C)CC1. The van der Waals surface area contributed by atoms with Gasteiger partial charge in [-0.15, -0.1) is 17.9 Å². The summed E-state index contributed by atoms with van der Waals surface area (Å²) in [6, 6.07) is 8.21. The van der Waals surface area contributed by atoms with Crippen molar-refractivity contribution in [2.75, 3.05) is 51.9 Å². The smallest absolute Gasteiger partial charge is 0.204 e. The van der Waals surface area contributed by atoms with Crippen LogP contribution in [0.2, 0.25) is 0 Å². The van der Waals surface area contributed by atoms with Crippen LogP contribution in [-0.4, -0.2) is 56.5 Å². The first-order valence-electron chi connectivity index (χ1n) is 8.13. The van der Waals surface area contributed by atoms with Crippen LogP contribution in [0.1, 0.15) is 0 Å². The molecule has 0 spiro atoms. The largest absolute Gasteiger partial charge is 0.497 e. The van der Waals surface area contributed by atoms with E-state index in [0.717, 1.165) is 36.7 Å². The molecule has 0 unspecified atom stereocenters. The zero-order valence-electron chi connectivity index (χ0n) is 14.3. The van der Waals surface area contributed by atoms with Gasteiger partial charge in [0.1, 0.15) is 5.75 Å². The molecule has 5 nitrogen and oxygen atoms in total. The zero-order chi connectivity index (χ0) is 16.9. The van der Waals surface area contributed by atoms with E-state index in [1.54, 1.807) is 18.4 Å². The van der Waals surface area contributed by atoms with Gasteiger partial charge in [0.25, 0.3) is 0 Å². The minimum atomic E-state index is 0.635. The van der Waals surface area contributed by atoms with E-state index in [9.17, 15) is 0 Å². The van der Waals surface area contributed by atoms with Gasteiger partial charge in [0.15, 0.2) is 0 Å². The van der Waals surface area contributed by atoms with Crippen LogP contribution in [0.4, 0.5) is 0 Å². The first-order chi connectivity index (χ1) is 11.7. The van der Waals surface area contributed by atoms with Crippen LogP contribution in [0.15, 0.2) is 47.3 Å². The molecule has 128 valence electrons. The Labute approximate surface area is 147 Å². The molecule has 0 amide bonds. The van der Waals surface area contributed by atoms with Gasteiger partial charge in [0.2, 0.25) is 4.80 Å². The second-order valence-corrected chi connectivity index (χ2v) is 6.67. The summed E-state index contributed by atoms with van der Waals surface area (Å²) in [4.78, 5) is 8.06. The van der Waals surface area contributed by atoms with Crippen LogP contribution in [0.25, 0.3) is 11.3 Å². The monoisotopic (exact) mass is 344 g/mol. The summed E-state index contributed by atoms with van der Waals surface area (Å²) < 4.78 is 7.54. The Bertz CT molecular complexity index is 739. The Hall–Kier alpha value is -2.05. The summed E-state index contributed by atoms with van der Waals surface area (Å²) >= 11 is 1.68. The topological polar surface area (TPSA) is 33.0 Å². The van der Waals surface area contributed by atoms with Gasteiger partial charge in [-0.3, -0.25) is 4.99 Å². The predicted octanol–water partition coefficient (Wildman–Crippen LogP) is 2.20. The van der Waals surface area contributed by atoms with Crippen molar-refractivity contribution >= 4 is 11.3 Å². The summed E-state index contributed by atoms with van der Waals surface area (Å²) in [5, 5.41) is 4.57. The number of aromatic nitrogens is 1. The van der Waals surface area contributed by atoms with Crippen LogP contribution < -0.4 is 14.5 Å². The number of methoxy groups -OCH3 is 1. The van der Waals surface area contributed by atoms with Gasteiger partial charge < -0.3 is 14.6 Å². The number of thiazole rings is 1. The number of likely N-dealkylation sites (N-methyl/N-ethyl adjacent to an activating group) is 1. The lowest BCUT2D eigenvalue weighted by Gasteiger charge is -2.35. The molecule has 0 atom stereocenters. The summed E-state index contributed by atoms with van der Waals surface area (Å²) in [6.45, 7) is 8.53. The van der Waals surface area contributed by atoms with Crippen molar-refractivity contribution in [2.45, 2.75) is 0 Å². The fraction of sp³-hybridized carbons (Fsp3) is 0.389. The van der Waals surface area contributed by atoms with E-state index >= 15 is 0 Å². The molecule has 0 N–H and O–H groups in total. The highest BCUT2D eigenvalue weighted by molar-refractivity contribution is 7.07. The average molecular weight is 344 g/mol. The van der Waals surface area contributed by atoms with Gasteiger partial charge in [-0.05, 0) is 31.3 Å². The Kier molecular flexibility index (Phi) is 5.37. The molecule has 1 aromatic heterocycles. The average Bonchev–Trinajstić information content (AvgIpc) is 3.04. The van der Waals surface area contributed by atoms with Crippen molar-refractivity contribution in [3.63, 3.8) is 0 Å². The maximum atomic E-state index is 5.27. The predicted molar refractivity (Wildman–Crippen MR) is 100 cm³/mol. The van der Waals surface area contributed by atoms with E-state index in [0.29, 0.717) is 6.54 Å². The molecular formula is C18H24N4OS. The standard InChI is InChI=1S/C18H24N4OS/c1-4-9-19-18-22(21-12-10-20(2)11-13-21)17(14-24-18)15-5-7-16(23-3)8-6-15/h4-8,14H,1,9-13H2,2-3H3. The molecule has 6 heteroatoms. The van der Waals surface area contributed by atoms with E-state index in [1.807, 2.05) is 18.2 Å². The van der Waals surface area contributed by atoms with Gasteiger partial charge in [0.05, 0.1) is 19.3 Å². The third-order valence-electron chi connectivity index (χ3n) is 4.19. The van der Waals surface area contributed by atoms with E-state index in [4.69, 9.17) is 4.74 Å². The lowest BCUT2D eigenvalue weighted by atomic mass is 10.2. The zero-order valence-corrected chi connectivity index (χ0v) is 15.1. The van der Waals surface area contributed by atoms with Gasteiger partial charge in [0, 0.05) is 37.1 Å². The summed E-state index contributed by atoms with van der Waals surface area (Å²) in [5.41, 5.74) is 2.35. The van der Waals surface area contributed by atoms with Crippen LogP contribution in [0, 0.1) is 0 Å². The lowest BCUT2D eigenvalue weighted by molar-refractivity contribution is 0.287. The highest BCUT2D eigenvalue weighted by atomic mass is 32.1. The maximum absolute atomic E-state index is 5.27. The second kappa shape index (κ2) is 7.68. The van der Waals surface area contributed by atoms with Crippen molar-refractivity contribution in [3.05, 3.63) is 47.1 Å². The molecule has 0 bridgehead atoms. The minimum Gasteiger partial charge on any atom is -0.497 e. The van der Waals surface area contributed by atoms with Crippen LogP contribution in [-0.2, 0) is 0 Å². The van der Waals surface area contributed by atoms with E-state index in [-0.39, 0.29) is 0 Å². The number of benzene rings is 1. The maximum Gasteiger partial charge on any atom is 0.204 e. The van der Waals surface area contributed by atoms with Gasteiger partial charge >= 0.3 is 0 Å². The molecule has 0 aliphatic carbocycles. The fourth-order valence-corrected chi connectivity index (χ4v) is 3.70. The molecule has 0 radical (unpaired) electrons. The Balaban J connectivity index is 2.01. The minimum absolute atomic E-state index is 0.635. The number of hydrogen-bond acceptors (Lipinski definition) is 5. The van der Waals surface area contributed by atoms with Gasteiger partial charge in [-0.25, -0.2) is 4.68 Å². The van der Waals surface area contributed by atoms with E-state index in [2.05, 4.69) is 50.7 Å². The molecule has 3 rings (SSSR count). The Morgan fingerprint density at radius 3 is 2.54 bits per heavy atom. The third kappa shape index (κ3) is 3.55. The van der Waals surface area contributed by atoms with Crippen molar-refractivity contribution in [1.29, 1.82) is 0 Å². The highest BCUT2D eigenvalue weighted by Gasteiger charge is 2.19. The van der Waals surface area contributed by atoms with Crippen molar-refractivity contribution in [2.24, 2.45) is 4.99 Å². The number of hydrogen-bond donors (Lipinski definition) is 0. The van der Waals surface area contributed by atoms with Crippen molar-refractivity contribution in [3.8, 4) is 17.0 Å². The van der Waals surface area contributed by atoms with Crippen molar-refractivity contribution < 1.29 is 4.74 Å². The molecule has 1 saturated heterocycles. The van der Waals surface area contributed by atoms with Crippen LogP contribution >= 0.6 is 11.3 Å². The summed E-state index contributed by atoms with van der Waals surface area (Å²) in [6.07, 6.45) is 1.83. The molecule has 0 saturated carbocycles. The molecular weight excluding hydrogens is 320 g/mol. The molecule has 1 fully saturated rings. The Morgan fingerprint density at radius 2 is 1.92 bits per heavy atom. The number of piperazine rings is 1. The normalized spacial score (nSPS) is 16.4. The van der Waals surface area contributed by atoms with E-state index in [1.165, 1.54) is 11.3 Å². The Morgan fingerprint density at radius 1 is 1.21 bits per heavy atom. The van der Waals surface area contributed by atoms with Crippen LogP contribution in [0.5, 0.6) is 5.75 Å². The summed E-state index contributed by atoms with van der Waals surface area (Å²) in [5.74, 6) is 0.872. The highest BCUT2D eigenvalue weighted by Crippen LogP contribution is 2.23. The number of rotatable bonds is 5. The van der Waals surface area contributed by atoms with Gasteiger partial charge in [-0.1, -0.05) is 6.08 Å². The molecule has 1 aliphatic heterocycles. The first-order valence-corrected chi connectivity index (χ1v) is 9.01. The molecule has 24 heavy (non-hydrogen) atoms. The molecule has 2 heterocycles. The molecule has 2 aromatic rings. The third-order valence-corrected chi connectivity index (χ3v) is 5.04. The van der Waals surface area contributed by atoms with E-state index < -0.39 is 0 Å². The lowest BCUT2D eigenvalue weighted by Crippen LogP contribution is -2.52. The van der Waals surface area contributed by atoms with Crippen LogP contribution in [0.3, 0.4) is 0 Å². The second-order valence-electron chi connectivity index (χ2n) is 5.83. The molecule has 1 aliphatic rings. The quantitative estimate of drug-likeness (QED) is 0.780. The number of nitrogens with zero attached hydrogens (tertiary/aromatic N) is 4. The molecule has 1 aromatic carbocycles.